The van der Waals surface area contributed by atoms with E-state index in [1.165, 1.54) is 27.9 Å². The number of hydrogen-bond acceptors (Lipinski definition) is 1. The molecule has 1 heteroatoms. The minimum absolute atomic E-state index is 1.23. The maximum Gasteiger partial charge on any atom is 0.0361 e. The molecule has 0 atom stereocenters. The van der Waals surface area contributed by atoms with Crippen molar-refractivity contribution >= 4 is 5.69 Å². The van der Waals surface area contributed by atoms with E-state index in [1.54, 1.807) is 0 Å². The highest BCUT2D eigenvalue weighted by Crippen LogP contribution is 2.24. The molecular formula is C20H31N. The molecule has 2 aromatic carbocycles. The summed E-state index contributed by atoms with van der Waals surface area (Å²) < 4.78 is 0. The first-order valence-corrected chi connectivity index (χ1v) is 7.93. The lowest BCUT2D eigenvalue weighted by Crippen LogP contribution is -2.07. The zero-order valence-electron chi connectivity index (χ0n) is 15.0. The van der Waals surface area contributed by atoms with Crippen LogP contribution in [0.3, 0.4) is 0 Å². The van der Waals surface area contributed by atoms with Gasteiger partial charge >= 0.3 is 0 Å². The molecule has 0 N–H and O–H groups in total. The molecule has 2 rings (SSSR count). The van der Waals surface area contributed by atoms with E-state index < -0.39 is 0 Å². The van der Waals surface area contributed by atoms with E-state index in [0.29, 0.717) is 0 Å². The third kappa shape index (κ3) is 5.63. The van der Waals surface area contributed by atoms with Gasteiger partial charge in [0.25, 0.3) is 0 Å². The first-order chi connectivity index (χ1) is 10.1. The van der Waals surface area contributed by atoms with Crippen molar-refractivity contribution in [2.45, 2.75) is 41.5 Å². The van der Waals surface area contributed by atoms with E-state index >= 15 is 0 Å². The second kappa shape index (κ2) is 10.0. The molecule has 0 heterocycles. The molecule has 0 aliphatic heterocycles. The zero-order chi connectivity index (χ0) is 16.4. The van der Waals surface area contributed by atoms with Crippen molar-refractivity contribution in [3.8, 4) is 11.1 Å². The average molecular weight is 285 g/mol. The molecule has 0 aromatic heterocycles. The van der Waals surface area contributed by atoms with Crippen LogP contribution < -0.4 is 4.90 Å². The van der Waals surface area contributed by atoms with Gasteiger partial charge in [-0.1, -0.05) is 58.0 Å². The topological polar surface area (TPSA) is 3.24 Å². The summed E-state index contributed by atoms with van der Waals surface area (Å²) in [5, 5.41) is 0. The highest BCUT2D eigenvalue weighted by atomic mass is 15.1. The molecule has 21 heavy (non-hydrogen) atoms. The Morgan fingerprint density at radius 3 is 1.52 bits per heavy atom. The van der Waals surface area contributed by atoms with Crippen molar-refractivity contribution in [3.05, 3.63) is 53.6 Å². The van der Waals surface area contributed by atoms with Crippen molar-refractivity contribution in [1.29, 1.82) is 0 Å². The Kier molecular flexibility index (Phi) is 9.20. The van der Waals surface area contributed by atoms with E-state index in [0.717, 1.165) is 0 Å². The average Bonchev–Trinajstić information content (AvgIpc) is 2.54. The van der Waals surface area contributed by atoms with Gasteiger partial charge in [0, 0.05) is 19.8 Å². The van der Waals surface area contributed by atoms with Crippen LogP contribution in [0.2, 0.25) is 0 Å². The van der Waals surface area contributed by atoms with Crippen molar-refractivity contribution < 1.29 is 0 Å². The molecule has 0 aliphatic rings. The molecule has 0 bridgehead atoms. The lowest BCUT2D eigenvalue weighted by Gasteiger charge is -2.13. The molecule has 116 valence electrons. The Morgan fingerprint density at radius 2 is 1.10 bits per heavy atom. The Labute approximate surface area is 131 Å². The van der Waals surface area contributed by atoms with Crippen LogP contribution in [0.1, 0.15) is 38.8 Å². The maximum atomic E-state index is 2.25. The van der Waals surface area contributed by atoms with Crippen LogP contribution in [0.4, 0.5) is 5.69 Å². The summed E-state index contributed by atoms with van der Waals surface area (Å²) in [7, 11) is 4.12. The van der Waals surface area contributed by atoms with E-state index in [-0.39, 0.29) is 0 Å². The number of benzene rings is 2. The number of aryl methyl sites for hydroxylation is 2. The van der Waals surface area contributed by atoms with Crippen LogP contribution in [0.15, 0.2) is 42.5 Å². The summed E-state index contributed by atoms with van der Waals surface area (Å²) >= 11 is 0. The predicted octanol–water partition coefficient (Wildman–Crippen LogP) is 6.09. The van der Waals surface area contributed by atoms with Crippen LogP contribution in [0.5, 0.6) is 0 Å². The third-order valence-corrected chi connectivity index (χ3v) is 3.22. The Balaban J connectivity index is 0.000000921. The fraction of sp³-hybridized carbons (Fsp3) is 0.400. The Hall–Kier alpha value is -1.76. The second-order valence-corrected chi connectivity index (χ2v) is 4.74. The fourth-order valence-corrected chi connectivity index (χ4v) is 1.87. The minimum atomic E-state index is 1.23. The SMILES string of the molecule is CC.CC.Cc1ccc(-c2ccc(N(C)C)cc2)cc1C. The van der Waals surface area contributed by atoms with Gasteiger partial charge in [-0.25, -0.2) is 0 Å². The van der Waals surface area contributed by atoms with Crippen LogP contribution in [-0.4, -0.2) is 14.1 Å². The van der Waals surface area contributed by atoms with E-state index in [1.807, 2.05) is 27.7 Å². The van der Waals surface area contributed by atoms with Crippen molar-refractivity contribution in [3.63, 3.8) is 0 Å². The minimum Gasteiger partial charge on any atom is -0.378 e. The van der Waals surface area contributed by atoms with Gasteiger partial charge in [0.1, 0.15) is 0 Å². The van der Waals surface area contributed by atoms with Gasteiger partial charge in [0.05, 0.1) is 0 Å². The standard InChI is InChI=1S/C16H19N.2C2H6/c1-12-5-6-15(11-13(12)2)14-7-9-16(10-8-14)17(3)4;2*1-2/h5-11H,1-4H3;2*1-2H3. The van der Waals surface area contributed by atoms with Gasteiger partial charge in [-0.2, -0.15) is 0 Å². The first-order valence-electron chi connectivity index (χ1n) is 7.93. The van der Waals surface area contributed by atoms with Crippen LogP contribution in [0.25, 0.3) is 11.1 Å². The summed E-state index contributed by atoms with van der Waals surface area (Å²) in [6.45, 7) is 12.3. The quantitative estimate of drug-likeness (QED) is 0.645. The van der Waals surface area contributed by atoms with Crippen LogP contribution in [-0.2, 0) is 0 Å². The number of rotatable bonds is 2. The van der Waals surface area contributed by atoms with Crippen LogP contribution >= 0.6 is 0 Å². The summed E-state index contributed by atoms with van der Waals surface area (Å²) in [5.41, 5.74) is 6.49. The Morgan fingerprint density at radius 1 is 0.619 bits per heavy atom. The lowest BCUT2D eigenvalue weighted by molar-refractivity contribution is 1.13. The second-order valence-electron chi connectivity index (χ2n) is 4.74. The summed E-state index contributed by atoms with van der Waals surface area (Å²) in [5.74, 6) is 0. The van der Waals surface area contributed by atoms with Gasteiger partial charge in [-0.3, -0.25) is 0 Å². The molecule has 0 spiro atoms. The molecule has 0 saturated carbocycles. The monoisotopic (exact) mass is 285 g/mol. The highest BCUT2D eigenvalue weighted by Gasteiger charge is 2.00. The van der Waals surface area contributed by atoms with Gasteiger partial charge in [-0.15, -0.1) is 0 Å². The number of anilines is 1. The van der Waals surface area contributed by atoms with E-state index in [9.17, 15) is 0 Å². The molecule has 2 aromatic rings. The van der Waals surface area contributed by atoms with Gasteiger partial charge in [-0.05, 0) is 48.2 Å². The van der Waals surface area contributed by atoms with Crippen molar-refractivity contribution in [1.82, 2.24) is 0 Å². The van der Waals surface area contributed by atoms with E-state index in [4.69, 9.17) is 0 Å². The molecule has 0 aliphatic carbocycles. The Bertz CT molecular complexity index is 510. The molecule has 0 unspecified atom stereocenters. The smallest absolute Gasteiger partial charge is 0.0361 e. The lowest BCUT2D eigenvalue weighted by atomic mass is 10.0. The molecule has 0 saturated heterocycles. The van der Waals surface area contributed by atoms with Crippen molar-refractivity contribution in [2.24, 2.45) is 0 Å². The predicted molar refractivity (Wildman–Crippen MR) is 98.4 cm³/mol. The normalized spacial score (nSPS) is 8.95. The molecule has 1 nitrogen and oxygen atoms in total. The van der Waals surface area contributed by atoms with E-state index in [2.05, 4.69) is 75.3 Å². The summed E-state index contributed by atoms with van der Waals surface area (Å²) in [6.07, 6.45) is 0. The molecular weight excluding hydrogens is 254 g/mol. The summed E-state index contributed by atoms with van der Waals surface area (Å²) in [4.78, 5) is 2.12. The van der Waals surface area contributed by atoms with Gasteiger partial charge in [0.15, 0.2) is 0 Å². The molecule has 0 amide bonds. The first kappa shape index (κ1) is 19.2. The van der Waals surface area contributed by atoms with Crippen LogP contribution in [0, 0.1) is 13.8 Å². The van der Waals surface area contributed by atoms with Gasteiger partial charge in [0.2, 0.25) is 0 Å². The largest absolute Gasteiger partial charge is 0.378 e. The maximum absolute atomic E-state index is 2.25. The summed E-state index contributed by atoms with van der Waals surface area (Å²) in [6, 6.07) is 15.3. The zero-order valence-corrected chi connectivity index (χ0v) is 15.0. The number of nitrogens with zero attached hydrogens (tertiary/aromatic N) is 1. The number of hydrogen-bond donors (Lipinski definition) is 0. The van der Waals surface area contributed by atoms with Gasteiger partial charge < -0.3 is 4.90 Å². The fourth-order valence-electron chi connectivity index (χ4n) is 1.87. The third-order valence-electron chi connectivity index (χ3n) is 3.22. The molecule has 0 radical (unpaired) electrons. The highest BCUT2D eigenvalue weighted by molar-refractivity contribution is 5.67. The molecule has 0 fully saturated rings. The van der Waals surface area contributed by atoms with Crippen molar-refractivity contribution in [2.75, 3.05) is 19.0 Å².